The van der Waals surface area contributed by atoms with Crippen molar-refractivity contribution in [2.45, 2.75) is 25.5 Å². The number of amides is 1. The lowest BCUT2D eigenvalue weighted by atomic mass is 9.97. The van der Waals surface area contributed by atoms with Crippen molar-refractivity contribution in [3.63, 3.8) is 0 Å². The highest BCUT2D eigenvalue weighted by Crippen LogP contribution is 2.32. The molecule has 0 spiro atoms. The summed E-state index contributed by atoms with van der Waals surface area (Å²) in [6.45, 7) is 4.18. The highest BCUT2D eigenvalue weighted by atomic mass is 32.2. The molecule has 0 radical (unpaired) electrons. The topological polar surface area (TPSA) is 60.9 Å². The van der Waals surface area contributed by atoms with Gasteiger partial charge in [0.15, 0.2) is 0 Å². The van der Waals surface area contributed by atoms with Crippen LogP contribution in [0, 0.1) is 12.7 Å². The molecule has 31 heavy (non-hydrogen) atoms. The summed E-state index contributed by atoms with van der Waals surface area (Å²) >= 11 is 0. The van der Waals surface area contributed by atoms with Gasteiger partial charge in [-0.05, 0) is 37.0 Å². The molecular formula is C23H28FN3O3S. The van der Waals surface area contributed by atoms with Crippen LogP contribution in [0.1, 0.15) is 23.1 Å². The van der Waals surface area contributed by atoms with E-state index in [4.69, 9.17) is 0 Å². The van der Waals surface area contributed by atoms with Crippen LogP contribution in [0.5, 0.6) is 0 Å². The molecule has 0 unspecified atom stereocenters. The van der Waals surface area contributed by atoms with Gasteiger partial charge >= 0.3 is 0 Å². The Hall–Kier alpha value is -2.45. The van der Waals surface area contributed by atoms with Crippen molar-refractivity contribution in [3.8, 4) is 0 Å². The summed E-state index contributed by atoms with van der Waals surface area (Å²) in [4.78, 5) is 16.6. The van der Waals surface area contributed by atoms with E-state index in [1.807, 2.05) is 30.0 Å². The number of anilines is 1. The number of piperazine rings is 1. The van der Waals surface area contributed by atoms with Crippen LogP contribution in [-0.2, 0) is 27.0 Å². The molecule has 1 amide bonds. The Morgan fingerprint density at radius 1 is 1.00 bits per heavy atom. The van der Waals surface area contributed by atoms with Gasteiger partial charge in [-0.2, -0.15) is 4.31 Å². The quantitative estimate of drug-likeness (QED) is 0.710. The standard InChI is InChI=1S/C23H28FN3O3S/c1-18-9-10-21(24)20-8-5-11-26(23(18)20)16-22(28)25-12-14-27(15-13-25)31(29,30)17-19-6-3-2-4-7-19/h2-4,6-7,9-10H,5,8,11-17H2,1H3. The number of carbonyl (C=O) groups excluding carboxylic acids is 1. The van der Waals surface area contributed by atoms with Crippen LogP contribution in [0.2, 0.25) is 0 Å². The molecule has 2 aromatic rings. The summed E-state index contributed by atoms with van der Waals surface area (Å²) in [7, 11) is -3.42. The van der Waals surface area contributed by atoms with Gasteiger partial charge in [-0.15, -0.1) is 0 Å². The lowest BCUT2D eigenvalue weighted by Gasteiger charge is -2.37. The summed E-state index contributed by atoms with van der Waals surface area (Å²) in [5.74, 6) is -0.288. The predicted molar refractivity (Wildman–Crippen MR) is 119 cm³/mol. The summed E-state index contributed by atoms with van der Waals surface area (Å²) in [5.41, 5.74) is 3.26. The van der Waals surface area contributed by atoms with E-state index >= 15 is 0 Å². The number of nitrogens with zero attached hydrogens (tertiary/aromatic N) is 3. The summed E-state index contributed by atoms with van der Waals surface area (Å²) < 4.78 is 41.2. The summed E-state index contributed by atoms with van der Waals surface area (Å²) in [5, 5.41) is 0. The summed E-state index contributed by atoms with van der Waals surface area (Å²) in [6, 6.07) is 12.4. The first kappa shape index (κ1) is 21.8. The normalized spacial score (nSPS) is 17.5. The minimum atomic E-state index is -3.42. The van der Waals surface area contributed by atoms with E-state index in [1.165, 1.54) is 10.4 Å². The Morgan fingerprint density at radius 2 is 1.71 bits per heavy atom. The molecule has 166 valence electrons. The van der Waals surface area contributed by atoms with E-state index in [9.17, 15) is 17.6 Å². The molecule has 0 aliphatic carbocycles. The van der Waals surface area contributed by atoms with Crippen LogP contribution >= 0.6 is 0 Å². The highest BCUT2D eigenvalue weighted by Gasteiger charge is 2.30. The average Bonchev–Trinajstić information content (AvgIpc) is 2.77. The molecule has 2 heterocycles. The van der Waals surface area contributed by atoms with Crippen LogP contribution in [0.15, 0.2) is 42.5 Å². The zero-order chi connectivity index (χ0) is 22.0. The van der Waals surface area contributed by atoms with Crippen LogP contribution in [-0.4, -0.2) is 62.8 Å². The molecule has 6 nitrogen and oxygen atoms in total. The van der Waals surface area contributed by atoms with Crippen molar-refractivity contribution in [1.29, 1.82) is 0 Å². The van der Waals surface area contributed by atoms with E-state index in [0.717, 1.165) is 23.2 Å². The second kappa shape index (κ2) is 8.96. The van der Waals surface area contributed by atoms with E-state index in [-0.39, 0.29) is 24.0 Å². The van der Waals surface area contributed by atoms with Gasteiger partial charge in [0.2, 0.25) is 15.9 Å². The number of carbonyl (C=O) groups is 1. The first-order valence-electron chi connectivity index (χ1n) is 10.7. The zero-order valence-corrected chi connectivity index (χ0v) is 18.6. The van der Waals surface area contributed by atoms with E-state index in [2.05, 4.69) is 0 Å². The van der Waals surface area contributed by atoms with Gasteiger partial charge < -0.3 is 9.80 Å². The average molecular weight is 446 g/mol. The van der Waals surface area contributed by atoms with E-state index in [1.54, 1.807) is 23.1 Å². The Kier molecular flexibility index (Phi) is 6.29. The van der Waals surface area contributed by atoms with Gasteiger partial charge in [0, 0.05) is 44.0 Å². The number of hydrogen-bond donors (Lipinski definition) is 0. The molecule has 8 heteroatoms. The number of fused-ring (bicyclic) bond motifs is 1. The molecule has 4 rings (SSSR count). The van der Waals surface area contributed by atoms with Crippen LogP contribution < -0.4 is 4.90 Å². The van der Waals surface area contributed by atoms with E-state index in [0.29, 0.717) is 44.7 Å². The van der Waals surface area contributed by atoms with Crippen LogP contribution in [0.3, 0.4) is 0 Å². The van der Waals surface area contributed by atoms with Gasteiger partial charge in [0.25, 0.3) is 0 Å². The predicted octanol–water partition coefficient (Wildman–Crippen LogP) is 2.56. The third-order valence-corrected chi connectivity index (χ3v) is 7.95. The molecular weight excluding hydrogens is 417 g/mol. The van der Waals surface area contributed by atoms with Crippen molar-refractivity contribution < 1.29 is 17.6 Å². The largest absolute Gasteiger partial charge is 0.362 e. The van der Waals surface area contributed by atoms with Crippen molar-refractivity contribution in [3.05, 3.63) is 65.0 Å². The van der Waals surface area contributed by atoms with Gasteiger partial charge in [0.1, 0.15) is 5.82 Å². The molecule has 2 aliphatic heterocycles. The summed E-state index contributed by atoms with van der Waals surface area (Å²) in [6.07, 6.45) is 1.50. The highest BCUT2D eigenvalue weighted by molar-refractivity contribution is 7.88. The van der Waals surface area contributed by atoms with Crippen molar-refractivity contribution in [1.82, 2.24) is 9.21 Å². The molecule has 1 saturated heterocycles. The number of halogens is 1. The number of aryl methyl sites for hydroxylation is 1. The maximum atomic E-state index is 14.2. The molecule has 0 aromatic heterocycles. The fraction of sp³-hybridized carbons (Fsp3) is 0.435. The third-order valence-electron chi connectivity index (χ3n) is 6.10. The lowest BCUT2D eigenvalue weighted by molar-refractivity contribution is -0.130. The second-order valence-corrected chi connectivity index (χ2v) is 10.2. The first-order valence-corrected chi connectivity index (χ1v) is 12.3. The molecule has 0 bridgehead atoms. The zero-order valence-electron chi connectivity index (χ0n) is 17.8. The molecule has 2 aliphatic rings. The Bertz CT molecular complexity index is 1050. The van der Waals surface area contributed by atoms with Crippen molar-refractivity contribution >= 4 is 21.6 Å². The molecule has 0 atom stereocenters. The van der Waals surface area contributed by atoms with Gasteiger partial charge in [-0.25, -0.2) is 12.8 Å². The maximum absolute atomic E-state index is 14.2. The maximum Gasteiger partial charge on any atom is 0.242 e. The van der Waals surface area contributed by atoms with Gasteiger partial charge in [-0.1, -0.05) is 36.4 Å². The SMILES string of the molecule is Cc1ccc(F)c2c1N(CC(=O)N1CCN(S(=O)(=O)Cc3ccccc3)CC1)CCC2. The van der Waals surface area contributed by atoms with Crippen molar-refractivity contribution in [2.75, 3.05) is 44.2 Å². The van der Waals surface area contributed by atoms with Crippen LogP contribution in [0.25, 0.3) is 0 Å². The number of sulfonamides is 1. The number of rotatable bonds is 5. The van der Waals surface area contributed by atoms with E-state index < -0.39 is 10.0 Å². The van der Waals surface area contributed by atoms with Gasteiger partial charge in [-0.3, -0.25) is 4.79 Å². The molecule has 0 N–H and O–H groups in total. The Labute approximate surface area is 183 Å². The number of benzene rings is 2. The first-order chi connectivity index (χ1) is 14.8. The fourth-order valence-corrected chi connectivity index (χ4v) is 5.99. The minimum absolute atomic E-state index is 0.0306. The Balaban J connectivity index is 1.37. The minimum Gasteiger partial charge on any atom is -0.362 e. The fourth-order valence-electron chi connectivity index (χ4n) is 4.48. The number of hydrogen-bond acceptors (Lipinski definition) is 4. The van der Waals surface area contributed by atoms with Gasteiger partial charge in [0.05, 0.1) is 12.3 Å². The molecule has 2 aromatic carbocycles. The lowest BCUT2D eigenvalue weighted by Crippen LogP contribution is -2.53. The van der Waals surface area contributed by atoms with Crippen LogP contribution in [0.4, 0.5) is 10.1 Å². The van der Waals surface area contributed by atoms with Crippen molar-refractivity contribution in [2.24, 2.45) is 0 Å². The smallest absolute Gasteiger partial charge is 0.242 e. The molecule has 1 fully saturated rings. The Morgan fingerprint density at radius 3 is 2.42 bits per heavy atom. The molecule has 0 saturated carbocycles. The third kappa shape index (κ3) is 4.75. The monoisotopic (exact) mass is 445 g/mol. The second-order valence-electron chi connectivity index (χ2n) is 8.24.